The van der Waals surface area contributed by atoms with E-state index in [1.807, 2.05) is 32.0 Å². The second kappa shape index (κ2) is 8.15. The molecule has 2 rings (SSSR count). The van der Waals surface area contributed by atoms with Gasteiger partial charge in [-0.25, -0.2) is 0 Å². The quantitative estimate of drug-likeness (QED) is 0.793. The van der Waals surface area contributed by atoms with Gasteiger partial charge in [0.1, 0.15) is 5.75 Å². The zero-order chi connectivity index (χ0) is 17.5. The predicted octanol–water partition coefficient (Wildman–Crippen LogP) is 2.84. The standard InChI is InChI=1S/C19H21NO4/c1-13-8-9-14(2)16(12-13)23-11-10-17(21)24-18(19(20)22)15-6-4-3-5-7-15/h3-9,12,18H,10-11H2,1-2H3,(H2,20,22). The van der Waals surface area contributed by atoms with Crippen LogP contribution in [0.5, 0.6) is 5.75 Å². The maximum absolute atomic E-state index is 12.0. The Kier molecular flexibility index (Phi) is 5.95. The average Bonchev–Trinajstić information content (AvgIpc) is 2.56. The van der Waals surface area contributed by atoms with Crippen LogP contribution in [0, 0.1) is 13.8 Å². The number of carbonyl (C=O) groups is 2. The molecule has 1 amide bonds. The van der Waals surface area contributed by atoms with Crippen LogP contribution in [0.3, 0.4) is 0 Å². The number of hydrogen-bond donors (Lipinski definition) is 1. The molecule has 126 valence electrons. The van der Waals surface area contributed by atoms with Gasteiger partial charge in [0.25, 0.3) is 5.91 Å². The third kappa shape index (κ3) is 4.84. The Balaban J connectivity index is 1.90. The maximum atomic E-state index is 12.0. The Morgan fingerprint density at radius 2 is 1.79 bits per heavy atom. The molecule has 0 saturated carbocycles. The minimum atomic E-state index is -1.08. The summed E-state index contributed by atoms with van der Waals surface area (Å²) < 4.78 is 10.8. The lowest BCUT2D eigenvalue weighted by Crippen LogP contribution is -2.26. The number of primary amides is 1. The van der Waals surface area contributed by atoms with E-state index in [-0.39, 0.29) is 13.0 Å². The molecule has 0 radical (unpaired) electrons. The van der Waals surface area contributed by atoms with Crippen LogP contribution < -0.4 is 10.5 Å². The fourth-order valence-electron chi connectivity index (χ4n) is 2.22. The van der Waals surface area contributed by atoms with Gasteiger partial charge in [-0.1, -0.05) is 42.5 Å². The Bertz CT molecular complexity index is 713. The largest absolute Gasteiger partial charge is 0.493 e. The number of esters is 1. The summed E-state index contributed by atoms with van der Waals surface area (Å²) in [6.07, 6.45) is -1.05. The summed E-state index contributed by atoms with van der Waals surface area (Å²) in [4.78, 5) is 23.5. The van der Waals surface area contributed by atoms with Crippen molar-refractivity contribution in [3.8, 4) is 5.75 Å². The Morgan fingerprint density at radius 3 is 2.46 bits per heavy atom. The van der Waals surface area contributed by atoms with E-state index in [4.69, 9.17) is 15.2 Å². The highest BCUT2D eigenvalue weighted by molar-refractivity contribution is 5.83. The predicted molar refractivity (Wildman–Crippen MR) is 90.5 cm³/mol. The van der Waals surface area contributed by atoms with Gasteiger partial charge in [-0.15, -0.1) is 0 Å². The highest BCUT2D eigenvalue weighted by Crippen LogP contribution is 2.20. The molecule has 0 aliphatic rings. The van der Waals surface area contributed by atoms with Crippen molar-refractivity contribution in [1.82, 2.24) is 0 Å². The van der Waals surface area contributed by atoms with E-state index in [1.165, 1.54) is 0 Å². The van der Waals surface area contributed by atoms with Gasteiger partial charge >= 0.3 is 5.97 Å². The van der Waals surface area contributed by atoms with Crippen LogP contribution in [0.1, 0.15) is 29.2 Å². The molecule has 2 aromatic carbocycles. The van der Waals surface area contributed by atoms with Gasteiger partial charge in [0.2, 0.25) is 6.10 Å². The van der Waals surface area contributed by atoms with E-state index < -0.39 is 18.0 Å². The Morgan fingerprint density at radius 1 is 1.08 bits per heavy atom. The SMILES string of the molecule is Cc1ccc(C)c(OCCC(=O)OC(C(N)=O)c2ccccc2)c1. The molecule has 1 unspecified atom stereocenters. The summed E-state index contributed by atoms with van der Waals surface area (Å²) in [7, 11) is 0. The number of carbonyl (C=O) groups excluding carboxylic acids is 2. The normalized spacial score (nSPS) is 11.6. The summed E-state index contributed by atoms with van der Waals surface area (Å²) in [6.45, 7) is 4.08. The third-order valence-electron chi connectivity index (χ3n) is 3.52. The van der Waals surface area contributed by atoms with Gasteiger partial charge in [-0.2, -0.15) is 0 Å². The summed E-state index contributed by atoms with van der Waals surface area (Å²) in [6, 6.07) is 14.6. The number of hydrogen-bond acceptors (Lipinski definition) is 4. The van der Waals surface area contributed by atoms with Crippen LogP contribution in [0.2, 0.25) is 0 Å². The number of aryl methyl sites for hydroxylation is 2. The zero-order valence-corrected chi connectivity index (χ0v) is 13.8. The Hall–Kier alpha value is -2.82. The Labute approximate surface area is 141 Å². The fourth-order valence-corrected chi connectivity index (χ4v) is 2.22. The van der Waals surface area contributed by atoms with Gasteiger partial charge in [0.05, 0.1) is 13.0 Å². The third-order valence-corrected chi connectivity index (χ3v) is 3.52. The smallest absolute Gasteiger partial charge is 0.310 e. The highest BCUT2D eigenvalue weighted by Gasteiger charge is 2.22. The first kappa shape index (κ1) is 17.5. The van der Waals surface area contributed by atoms with Gasteiger partial charge in [-0.3, -0.25) is 9.59 Å². The van der Waals surface area contributed by atoms with Crippen LogP contribution in [0.25, 0.3) is 0 Å². The minimum Gasteiger partial charge on any atom is -0.493 e. The molecule has 0 bridgehead atoms. The van der Waals surface area contributed by atoms with Gasteiger partial charge in [0.15, 0.2) is 0 Å². The van der Waals surface area contributed by atoms with E-state index in [1.54, 1.807) is 30.3 Å². The minimum absolute atomic E-state index is 0.0317. The first-order chi connectivity index (χ1) is 11.5. The van der Waals surface area contributed by atoms with E-state index in [9.17, 15) is 9.59 Å². The van der Waals surface area contributed by atoms with Gasteiger partial charge < -0.3 is 15.2 Å². The van der Waals surface area contributed by atoms with Crippen molar-refractivity contribution in [2.24, 2.45) is 5.73 Å². The maximum Gasteiger partial charge on any atom is 0.310 e. The number of nitrogens with two attached hydrogens (primary N) is 1. The summed E-state index contributed by atoms with van der Waals surface area (Å²) in [5.41, 5.74) is 7.95. The van der Waals surface area contributed by atoms with Crippen LogP contribution in [0.15, 0.2) is 48.5 Å². The summed E-state index contributed by atoms with van der Waals surface area (Å²) in [5.74, 6) is -0.504. The molecule has 0 fully saturated rings. The molecule has 2 aromatic rings. The molecular formula is C19H21NO4. The molecule has 2 N–H and O–H groups in total. The monoisotopic (exact) mass is 327 g/mol. The van der Waals surface area contributed by atoms with E-state index in [2.05, 4.69) is 0 Å². The van der Waals surface area contributed by atoms with Crippen molar-refractivity contribution in [2.75, 3.05) is 6.61 Å². The first-order valence-corrected chi connectivity index (χ1v) is 7.71. The lowest BCUT2D eigenvalue weighted by molar-refractivity contribution is -0.155. The molecule has 0 aromatic heterocycles. The lowest BCUT2D eigenvalue weighted by atomic mass is 10.1. The lowest BCUT2D eigenvalue weighted by Gasteiger charge is -2.15. The van der Waals surface area contributed by atoms with E-state index in [0.717, 1.165) is 16.9 Å². The van der Waals surface area contributed by atoms with Crippen LogP contribution in [0.4, 0.5) is 0 Å². The van der Waals surface area contributed by atoms with Crippen molar-refractivity contribution < 1.29 is 19.1 Å². The number of benzene rings is 2. The molecule has 24 heavy (non-hydrogen) atoms. The van der Waals surface area contributed by atoms with Crippen molar-refractivity contribution >= 4 is 11.9 Å². The van der Waals surface area contributed by atoms with Crippen molar-refractivity contribution in [2.45, 2.75) is 26.4 Å². The second-order valence-corrected chi connectivity index (χ2v) is 5.55. The average molecular weight is 327 g/mol. The topological polar surface area (TPSA) is 78.6 Å². The molecule has 0 aliphatic carbocycles. The van der Waals surface area contributed by atoms with Gasteiger partial charge in [0, 0.05) is 5.56 Å². The fraction of sp³-hybridized carbons (Fsp3) is 0.263. The number of ether oxygens (including phenoxy) is 2. The molecule has 0 heterocycles. The van der Waals surface area contributed by atoms with Crippen molar-refractivity contribution in [1.29, 1.82) is 0 Å². The van der Waals surface area contributed by atoms with Gasteiger partial charge in [-0.05, 0) is 31.0 Å². The van der Waals surface area contributed by atoms with Crippen LogP contribution in [-0.4, -0.2) is 18.5 Å². The molecule has 0 aliphatic heterocycles. The van der Waals surface area contributed by atoms with E-state index in [0.29, 0.717) is 5.56 Å². The molecule has 0 saturated heterocycles. The first-order valence-electron chi connectivity index (χ1n) is 7.71. The van der Waals surface area contributed by atoms with Crippen LogP contribution >= 0.6 is 0 Å². The second-order valence-electron chi connectivity index (χ2n) is 5.55. The van der Waals surface area contributed by atoms with E-state index >= 15 is 0 Å². The number of rotatable bonds is 7. The number of amides is 1. The highest BCUT2D eigenvalue weighted by atomic mass is 16.6. The molecule has 5 heteroatoms. The molecule has 1 atom stereocenters. The summed E-state index contributed by atoms with van der Waals surface area (Å²) in [5, 5.41) is 0. The molecule has 0 spiro atoms. The van der Waals surface area contributed by atoms with Crippen molar-refractivity contribution in [3.63, 3.8) is 0 Å². The zero-order valence-electron chi connectivity index (χ0n) is 13.8. The summed E-state index contributed by atoms with van der Waals surface area (Å²) >= 11 is 0. The molecular weight excluding hydrogens is 306 g/mol. The molecule has 5 nitrogen and oxygen atoms in total. The van der Waals surface area contributed by atoms with Crippen molar-refractivity contribution in [3.05, 3.63) is 65.2 Å². The van der Waals surface area contributed by atoms with Crippen LogP contribution in [-0.2, 0) is 14.3 Å².